The number of nitrogens with one attached hydrogen (secondary N) is 1. The average molecular weight is 458 g/mol. The number of thiazole rings is 1. The molecule has 1 aromatic carbocycles. The zero-order chi connectivity index (χ0) is 23.3. The zero-order valence-electron chi connectivity index (χ0n) is 18.8. The fourth-order valence-corrected chi connectivity index (χ4v) is 4.91. The van der Waals surface area contributed by atoms with Crippen molar-refractivity contribution in [2.24, 2.45) is 16.5 Å². The highest BCUT2D eigenvalue weighted by Crippen LogP contribution is 2.29. The van der Waals surface area contributed by atoms with Gasteiger partial charge in [-0.25, -0.2) is 9.98 Å². The molecule has 10 heteroatoms. The summed E-state index contributed by atoms with van der Waals surface area (Å²) in [5.74, 6) is 0.0221. The van der Waals surface area contributed by atoms with Gasteiger partial charge in [-0.3, -0.25) is 14.5 Å². The molecule has 32 heavy (non-hydrogen) atoms. The first kappa shape index (κ1) is 23.7. The number of aromatic nitrogens is 1. The number of likely N-dealkylation sites (N-methyl/N-ethyl adjacent to an activating group) is 1. The smallest absolute Gasteiger partial charge is 0.239 e. The Bertz CT molecular complexity index is 981. The van der Waals surface area contributed by atoms with Gasteiger partial charge in [-0.05, 0) is 49.9 Å². The van der Waals surface area contributed by atoms with Gasteiger partial charge in [0.05, 0.1) is 17.4 Å². The number of carbonyl (C=O) groups is 2. The van der Waals surface area contributed by atoms with E-state index in [-0.39, 0.29) is 23.8 Å². The number of nitrogens with two attached hydrogens (primary N) is 2. The molecule has 5 N–H and O–H groups in total. The Morgan fingerprint density at radius 3 is 2.59 bits per heavy atom. The first-order valence-corrected chi connectivity index (χ1v) is 11.4. The fourth-order valence-electron chi connectivity index (χ4n) is 3.83. The van der Waals surface area contributed by atoms with Crippen molar-refractivity contribution in [1.82, 2.24) is 14.8 Å². The third kappa shape index (κ3) is 6.27. The summed E-state index contributed by atoms with van der Waals surface area (Å²) >= 11 is 1.49. The van der Waals surface area contributed by atoms with Crippen molar-refractivity contribution in [2.75, 3.05) is 26.0 Å². The van der Waals surface area contributed by atoms with Crippen LogP contribution in [0.15, 0.2) is 29.3 Å². The number of benzene rings is 1. The molecular weight excluding hydrogens is 426 g/mol. The van der Waals surface area contributed by atoms with Crippen LogP contribution in [0.4, 0.5) is 10.8 Å². The summed E-state index contributed by atoms with van der Waals surface area (Å²) in [7, 11) is 3.59. The van der Waals surface area contributed by atoms with Crippen molar-refractivity contribution in [1.29, 1.82) is 0 Å². The molecule has 172 valence electrons. The summed E-state index contributed by atoms with van der Waals surface area (Å²) in [6.45, 7) is 3.01. The maximum absolute atomic E-state index is 12.6. The predicted octanol–water partition coefficient (Wildman–Crippen LogP) is 1.84. The molecule has 0 unspecified atom stereocenters. The molecule has 0 saturated carbocycles. The van der Waals surface area contributed by atoms with Crippen molar-refractivity contribution in [2.45, 2.75) is 45.2 Å². The second kappa shape index (κ2) is 10.6. The first-order chi connectivity index (χ1) is 15.2. The number of hydrogen-bond acceptors (Lipinski definition) is 6. The number of carbonyl (C=O) groups excluding carboxylic acids is 2. The van der Waals surface area contributed by atoms with Crippen LogP contribution in [-0.2, 0) is 29.0 Å². The normalized spacial score (nSPS) is 16.0. The topological polar surface area (TPSA) is 130 Å². The lowest BCUT2D eigenvalue weighted by atomic mass is 10.1. The van der Waals surface area contributed by atoms with Crippen molar-refractivity contribution < 1.29 is 9.59 Å². The zero-order valence-corrected chi connectivity index (χ0v) is 19.6. The van der Waals surface area contributed by atoms with Crippen LogP contribution in [-0.4, -0.2) is 59.2 Å². The van der Waals surface area contributed by atoms with Gasteiger partial charge in [0, 0.05) is 32.4 Å². The van der Waals surface area contributed by atoms with Crippen LogP contribution in [0, 0.1) is 0 Å². The van der Waals surface area contributed by atoms with Gasteiger partial charge in [0.1, 0.15) is 0 Å². The highest BCUT2D eigenvalue weighted by molar-refractivity contribution is 7.15. The minimum atomic E-state index is -0.144. The van der Waals surface area contributed by atoms with Crippen LogP contribution in [0.5, 0.6) is 0 Å². The Labute approximate surface area is 192 Å². The number of anilines is 1. The molecule has 9 nitrogen and oxygen atoms in total. The lowest BCUT2D eigenvalue weighted by molar-refractivity contribution is -0.133. The molecule has 0 spiro atoms. The Morgan fingerprint density at radius 1 is 1.25 bits per heavy atom. The average Bonchev–Trinajstić information content (AvgIpc) is 3.33. The molecule has 1 fully saturated rings. The summed E-state index contributed by atoms with van der Waals surface area (Å²) in [5.41, 5.74) is 13.7. The SMILES string of the molecule is CC(=O)Nc1nc(CCc2ccc(N=C(N)N)cc2)c(CN2CCC[C@H]2C(=O)N(C)C)s1. The Balaban J connectivity index is 1.75. The van der Waals surface area contributed by atoms with Gasteiger partial charge in [0.15, 0.2) is 11.1 Å². The number of hydrogen-bond donors (Lipinski definition) is 3. The van der Waals surface area contributed by atoms with E-state index in [0.717, 1.165) is 48.4 Å². The number of aliphatic imine (C=N–C) groups is 1. The van der Waals surface area contributed by atoms with Gasteiger partial charge in [0.2, 0.25) is 11.8 Å². The monoisotopic (exact) mass is 457 g/mol. The van der Waals surface area contributed by atoms with E-state index in [1.165, 1.54) is 18.3 Å². The van der Waals surface area contributed by atoms with Gasteiger partial charge in [0.25, 0.3) is 0 Å². The molecule has 1 aliphatic rings. The van der Waals surface area contributed by atoms with Crippen molar-refractivity contribution in [3.8, 4) is 0 Å². The molecule has 0 aliphatic carbocycles. The molecule has 3 rings (SSSR count). The lowest BCUT2D eigenvalue weighted by Gasteiger charge is -2.25. The molecule has 0 bridgehead atoms. The van der Waals surface area contributed by atoms with E-state index in [9.17, 15) is 9.59 Å². The van der Waals surface area contributed by atoms with E-state index in [2.05, 4.69) is 20.2 Å². The predicted molar refractivity (Wildman–Crippen MR) is 128 cm³/mol. The summed E-state index contributed by atoms with van der Waals surface area (Å²) in [5, 5.41) is 3.40. The molecule has 1 aliphatic heterocycles. The van der Waals surface area contributed by atoms with Crippen LogP contribution in [0.3, 0.4) is 0 Å². The van der Waals surface area contributed by atoms with Crippen LogP contribution in [0.1, 0.15) is 35.9 Å². The molecular formula is C22H31N7O2S. The highest BCUT2D eigenvalue weighted by atomic mass is 32.1. The number of rotatable bonds is 8. The van der Waals surface area contributed by atoms with E-state index in [0.29, 0.717) is 17.4 Å². The van der Waals surface area contributed by atoms with Crippen LogP contribution < -0.4 is 16.8 Å². The number of likely N-dealkylation sites (tertiary alicyclic amines) is 1. The maximum atomic E-state index is 12.6. The molecule has 1 saturated heterocycles. The Morgan fingerprint density at radius 2 is 1.97 bits per heavy atom. The summed E-state index contributed by atoms with van der Waals surface area (Å²) in [6.07, 6.45) is 3.39. The number of amides is 2. The molecule has 0 radical (unpaired) electrons. The summed E-state index contributed by atoms with van der Waals surface area (Å²) in [6, 6.07) is 7.64. The fraction of sp³-hybridized carbons (Fsp3) is 0.455. The van der Waals surface area contributed by atoms with Crippen molar-refractivity contribution in [3.05, 3.63) is 40.4 Å². The summed E-state index contributed by atoms with van der Waals surface area (Å²) in [4.78, 5) is 37.8. The lowest BCUT2D eigenvalue weighted by Crippen LogP contribution is -2.42. The van der Waals surface area contributed by atoms with E-state index in [4.69, 9.17) is 11.5 Å². The molecule has 1 aromatic heterocycles. The Hall–Kier alpha value is -2.98. The third-order valence-corrected chi connectivity index (χ3v) is 6.34. The number of nitrogens with zero attached hydrogens (tertiary/aromatic N) is 4. The maximum Gasteiger partial charge on any atom is 0.239 e. The molecule has 2 heterocycles. The number of aryl methyl sites for hydroxylation is 2. The van der Waals surface area contributed by atoms with Crippen LogP contribution >= 0.6 is 11.3 Å². The minimum absolute atomic E-state index is 0.0309. The quantitative estimate of drug-likeness (QED) is 0.410. The molecule has 2 aromatic rings. The van der Waals surface area contributed by atoms with Gasteiger partial charge in [-0.1, -0.05) is 12.1 Å². The van der Waals surface area contributed by atoms with E-state index < -0.39 is 0 Å². The van der Waals surface area contributed by atoms with Crippen molar-refractivity contribution >= 4 is 39.9 Å². The van der Waals surface area contributed by atoms with E-state index in [1.54, 1.807) is 19.0 Å². The van der Waals surface area contributed by atoms with E-state index >= 15 is 0 Å². The van der Waals surface area contributed by atoms with Crippen LogP contribution in [0.25, 0.3) is 0 Å². The Kier molecular flexibility index (Phi) is 7.81. The van der Waals surface area contributed by atoms with Gasteiger partial charge in [-0.15, -0.1) is 11.3 Å². The third-order valence-electron chi connectivity index (χ3n) is 5.34. The minimum Gasteiger partial charge on any atom is -0.370 e. The van der Waals surface area contributed by atoms with Gasteiger partial charge < -0.3 is 21.7 Å². The van der Waals surface area contributed by atoms with Crippen molar-refractivity contribution in [3.63, 3.8) is 0 Å². The summed E-state index contributed by atoms with van der Waals surface area (Å²) < 4.78 is 0. The second-order valence-corrected chi connectivity index (χ2v) is 9.22. The van der Waals surface area contributed by atoms with Crippen LogP contribution in [0.2, 0.25) is 0 Å². The van der Waals surface area contributed by atoms with Gasteiger partial charge in [-0.2, -0.15) is 0 Å². The van der Waals surface area contributed by atoms with Gasteiger partial charge >= 0.3 is 0 Å². The van der Waals surface area contributed by atoms with E-state index in [1.807, 2.05) is 24.3 Å². The highest BCUT2D eigenvalue weighted by Gasteiger charge is 2.32. The standard InChI is InChI=1S/C22H31N7O2S/c1-14(30)25-22-27-17(11-8-15-6-9-16(10-7-15)26-21(23)24)19(32-22)13-29-12-4-5-18(29)20(31)28(2)3/h6-7,9-10,18H,4-5,8,11-13H2,1-3H3,(H4,23,24,26)(H,25,27,30)/t18-/m0/s1. The first-order valence-electron chi connectivity index (χ1n) is 10.6. The molecule has 2 amide bonds. The molecule has 1 atom stereocenters. The number of guanidine groups is 1. The largest absolute Gasteiger partial charge is 0.370 e. The second-order valence-electron chi connectivity index (χ2n) is 8.13.